The number of aromatic nitrogens is 2. The summed E-state index contributed by atoms with van der Waals surface area (Å²) in [6.07, 6.45) is 1.83. The average molecular weight is 504 g/mol. The first-order valence-corrected chi connectivity index (χ1v) is 12.9. The predicted octanol–water partition coefficient (Wildman–Crippen LogP) is 4.45. The predicted molar refractivity (Wildman–Crippen MR) is 141 cm³/mol. The van der Waals surface area contributed by atoms with Crippen LogP contribution < -0.4 is 4.90 Å². The standard InChI is InChI=1S/C28H30ClN5O2/c1-20(21-7-3-2-4-8-21)34(28(36)22-11-12-22)19-27(35)33-17-15-32(16-18-33)26-14-13-25(30-31-26)23-9-5-6-10-24(23)29/h2-10,13-14,20,22H,11-12,15-19H2,1H3/t20-/m1/s1. The molecular weight excluding hydrogens is 474 g/mol. The number of carbonyl (C=O) groups excluding carboxylic acids is 2. The summed E-state index contributed by atoms with van der Waals surface area (Å²) in [7, 11) is 0. The van der Waals surface area contributed by atoms with E-state index in [1.165, 1.54) is 0 Å². The van der Waals surface area contributed by atoms with E-state index in [0.29, 0.717) is 31.2 Å². The number of anilines is 1. The van der Waals surface area contributed by atoms with Crippen LogP contribution in [0.25, 0.3) is 11.3 Å². The Hall–Kier alpha value is -3.45. The lowest BCUT2D eigenvalue weighted by molar-refractivity contribution is -0.143. The molecule has 2 amide bonds. The summed E-state index contributed by atoms with van der Waals surface area (Å²) < 4.78 is 0. The van der Waals surface area contributed by atoms with Crippen molar-refractivity contribution in [3.8, 4) is 11.3 Å². The molecule has 2 heterocycles. The SMILES string of the molecule is C[C@H](c1ccccc1)N(CC(=O)N1CCN(c2ccc(-c3ccccc3Cl)nn2)CC1)C(=O)C1CC1. The number of amides is 2. The van der Waals surface area contributed by atoms with E-state index in [9.17, 15) is 9.59 Å². The molecule has 1 atom stereocenters. The molecule has 2 fully saturated rings. The Balaban J connectivity index is 1.20. The number of hydrogen-bond donors (Lipinski definition) is 0. The normalized spacial score (nSPS) is 16.5. The van der Waals surface area contributed by atoms with Gasteiger partial charge in [-0.05, 0) is 43.5 Å². The lowest BCUT2D eigenvalue weighted by Gasteiger charge is -2.37. The molecule has 1 aliphatic carbocycles. The van der Waals surface area contributed by atoms with Crippen molar-refractivity contribution in [1.29, 1.82) is 0 Å². The van der Waals surface area contributed by atoms with Crippen LogP contribution >= 0.6 is 11.6 Å². The van der Waals surface area contributed by atoms with Crippen molar-refractivity contribution in [3.05, 3.63) is 77.3 Å². The molecule has 36 heavy (non-hydrogen) atoms. The molecule has 0 N–H and O–H groups in total. The lowest BCUT2D eigenvalue weighted by Crippen LogP contribution is -2.52. The van der Waals surface area contributed by atoms with E-state index in [1.807, 2.05) is 78.6 Å². The summed E-state index contributed by atoms with van der Waals surface area (Å²) in [4.78, 5) is 32.0. The molecule has 0 spiro atoms. The number of hydrogen-bond acceptors (Lipinski definition) is 5. The van der Waals surface area contributed by atoms with Crippen molar-refractivity contribution < 1.29 is 9.59 Å². The van der Waals surface area contributed by atoms with Crippen LogP contribution in [0.4, 0.5) is 5.82 Å². The Morgan fingerprint density at radius 3 is 2.28 bits per heavy atom. The Kier molecular flexibility index (Phi) is 7.18. The molecule has 8 heteroatoms. The summed E-state index contributed by atoms with van der Waals surface area (Å²) in [5.41, 5.74) is 2.62. The zero-order chi connectivity index (χ0) is 25.1. The van der Waals surface area contributed by atoms with Crippen molar-refractivity contribution in [2.75, 3.05) is 37.6 Å². The van der Waals surface area contributed by atoms with Gasteiger partial charge in [0.1, 0.15) is 6.54 Å². The van der Waals surface area contributed by atoms with Gasteiger partial charge < -0.3 is 14.7 Å². The maximum absolute atomic E-state index is 13.2. The topological polar surface area (TPSA) is 69.6 Å². The second kappa shape index (κ2) is 10.7. The minimum Gasteiger partial charge on any atom is -0.352 e. The van der Waals surface area contributed by atoms with Gasteiger partial charge in [0.2, 0.25) is 11.8 Å². The fourth-order valence-corrected chi connectivity index (χ4v) is 4.85. The number of benzene rings is 2. The van der Waals surface area contributed by atoms with Crippen molar-refractivity contribution in [1.82, 2.24) is 20.0 Å². The molecule has 5 rings (SSSR count). The molecule has 7 nitrogen and oxygen atoms in total. The molecule has 1 aromatic heterocycles. The number of nitrogens with zero attached hydrogens (tertiary/aromatic N) is 5. The van der Waals surface area contributed by atoms with Crippen LogP contribution in [0.15, 0.2) is 66.7 Å². The van der Waals surface area contributed by atoms with Gasteiger partial charge in [-0.15, -0.1) is 10.2 Å². The van der Waals surface area contributed by atoms with Gasteiger partial charge in [0.05, 0.1) is 16.8 Å². The fraction of sp³-hybridized carbons (Fsp3) is 0.357. The summed E-state index contributed by atoms with van der Waals surface area (Å²) in [6, 6.07) is 21.2. The molecule has 0 unspecified atom stereocenters. The molecule has 0 radical (unpaired) electrons. The maximum atomic E-state index is 13.2. The van der Waals surface area contributed by atoms with Crippen molar-refractivity contribution >= 4 is 29.2 Å². The molecule has 186 valence electrons. The van der Waals surface area contributed by atoms with Crippen LogP contribution in [-0.2, 0) is 9.59 Å². The van der Waals surface area contributed by atoms with E-state index in [1.54, 1.807) is 4.90 Å². The minimum absolute atomic E-state index is 0.00779. The van der Waals surface area contributed by atoms with Crippen LogP contribution in [0.2, 0.25) is 5.02 Å². The van der Waals surface area contributed by atoms with Crippen molar-refractivity contribution in [2.24, 2.45) is 5.92 Å². The smallest absolute Gasteiger partial charge is 0.242 e. The Bertz CT molecular complexity index is 1210. The maximum Gasteiger partial charge on any atom is 0.242 e. The van der Waals surface area contributed by atoms with E-state index >= 15 is 0 Å². The van der Waals surface area contributed by atoms with Gasteiger partial charge in [-0.1, -0.05) is 60.1 Å². The molecular formula is C28H30ClN5O2. The summed E-state index contributed by atoms with van der Waals surface area (Å²) in [6.45, 7) is 4.60. The highest BCUT2D eigenvalue weighted by Gasteiger charge is 2.37. The monoisotopic (exact) mass is 503 g/mol. The third-order valence-electron chi connectivity index (χ3n) is 7.02. The van der Waals surface area contributed by atoms with Gasteiger partial charge in [-0.3, -0.25) is 9.59 Å². The van der Waals surface area contributed by atoms with Crippen LogP contribution in [0.3, 0.4) is 0 Å². The highest BCUT2D eigenvalue weighted by atomic mass is 35.5. The number of rotatable bonds is 7. The van der Waals surface area contributed by atoms with Crippen LogP contribution in [-0.4, -0.2) is 64.5 Å². The third-order valence-corrected chi connectivity index (χ3v) is 7.35. The van der Waals surface area contributed by atoms with Crippen LogP contribution in [0.1, 0.15) is 31.4 Å². The average Bonchev–Trinajstić information content (AvgIpc) is 3.78. The first kappa shape index (κ1) is 24.3. The van der Waals surface area contributed by atoms with Crippen LogP contribution in [0.5, 0.6) is 0 Å². The van der Waals surface area contributed by atoms with Crippen molar-refractivity contribution in [2.45, 2.75) is 25.8 Å². The number of carbonyl (C=O) groups is 2. The zero-order valence-electron chi connectivity index (χ0n) is 20.4. The second-order valence-corrected chi connectivity index (χ2v) is 9.86. The van der Waals surface area contributed by atoms with Gasteiger partial charge in [0, 0.05) is 37.7 Å². The Morgan fingerprint density at radius 2 is 1.64 bits per heavy atom. The molecule has 3 aromatic rings. The highest BCUT2D eigenvalue weighted by molar-refractivity contribution is 6.33. The number of piperazine rings is 1. The Labute approximate surface area is 216 Å². The first-order chi connectivity index (χ1) is 17.5. The van der Waals surface area contributed by atoms with Gasteiger partial charge in [-0.25, -0.2) is 0 Å². The lowest BCUT2D eigenvalue weighted by atomic mass is 10.1. The summed E-state index contributed by atoms with van der Waals surface area (Å²) in [5, 5.41) is 9.41. The molecule has 2 aromatic carbocycles. The van der Waals surface area contributed by atoms with E-state index in [0.717, 1.165) is 35.5 Å². The molecule has 1 saturated carbocycles. The first-order valence-electron chi connectivity index (χ1n) is 12.5. The third kappa shape index (κ3) is 5.36. The van der Waals surface area contributed by atoms with E-state index in [-0.39, 0.29) is 30.3 Å². The molecule has 2 aliphatic rings. The van der Waals surface area contributed by atoms with Gasteiger partial charge in [0.15, 0.2) is 5.82 Å². The molecule has 0 bridgehead atoms. The second-order valence-electron chi connectivity index (χ2n) is 9.45. The molecule has 1 saturated heterocycles. The zero-order valence-corrected chi connectivity index (χ0v) is 21.1. The van der Waals surface area contributed by atoms with Gasteiger partial charge >= 0.3 is 0 Å². The summed E-state index contributed by atoms with van der Waals surface area (Å²) in [5.74, 6) is 0.924. The highest BCUT2D eigenvalue weighted by Crippen LogP contribution is 2.34. The van der Waals surface area contributed by atoms with E-state index < -0.39 is 0 Å². The minimum atomic E-state index is -0.142. The van der Waals surface area contributed by atoms with E-state index in [4.69, 9.17) is 11.6 Å². The Morgan fingerprint density at radius 1 is 0.944 bits per heavy atom. The fourth-order valence-electron chi connectivity index (χ4n) is 4.62. The summed E-state index contributed by atoms with van der Waals surface area (Å²) >= 11 is 6.28. The molecule has 1 aliphatic heterocycles. The quantitative estimate of drug-likeness (QED) is 0.476. The van der Waals surface area contributed by atoms with Gasteiger partial charge in [0.25, 0.3) is 0 Å². The van der Waals surface area contributed by atoms with E-state index in [2.05, 4.69) is 15.1 Å². The van der Waals surface area contributed by atoms with Crippen LogP contribution in [0, 0.1) is 5.92 Å². The number of halogens is 1. The van der Waals surface area contributed by atoms with Gasteiger partial charge in [-0.2, -0.15) is 0 Å². The largest absolute Gasteiger partial charge is 0.352 e. The van der Waals surface area contributed by atoms with Crippen molar-refractivity contribution in [3.63, 3.8) is 0 Å².